The van der Waals surface area contributed by atoms with E-state index in [0.717, 1.165) is 10.0 Å². The topological polar surface area (TPSA) is 12.0 Å². The molecule has 1 nitrogen and oxygen atoms in total. The Bertz CT molecular complexity index is 596. The van der Waals surface area contributed by atoms with Gasteiger partial charge in [0.1, 0.15) is 0 Å². The van der Waals surface area contributed by atoms with Crippen LogP contribution < -0.4 is 5.32 Å². The van der Waals surface area contributed by atoms with Crippen molar-refractivity contribution >= 4 is 21.6 Å². The second kappa shape index (κ2) is 6.52. The van der Waals surface area contributed by atoms with Gasteiger partial charge in [-0.25, -0.2) is 0 Å². The van der Waals surface area contributed by atoms with Gasteiger partial charge < -0.3 is 5.32 Å². The van der Waals surface area contributed by atoms with Crippen molar-refractivity contribution in [1.82, 2.24) is 0 Å². The zero-order valence-electron chi connectivity index (χ0n) is 11.4. The van der Waals surface area contributed by atoms with Crippen LogP contribution in [0.2, 0.25) is 0 Å². The lowest BCUT2D eigenvalue weighted by molar-refractivity contribution is -0.137. The van der Waals surface area contributed by atoms with E-state index < -0.39 is 18.6 Å². The fourth-order valence-corrected chi connectivity index (χ4v) is 2.47. The van der Waals surface area contributed by atoms with E-state index in [-0.39, 0.29) is 0 Å². The van der Waals surface area contributed by atoms with Crippen LogP contribution in [0.5, 0.6) is 0 Å². The highest BCUT2D eigenvalue weighted by Crippen LogP contribution is 2.33. The third-order valence-corrected chi connectivity index (χ3v) is 3.66. The Morgan fingerprint density at radius 2 is 1.76 bits per heavy atom. The van der Waals surface area contributed by atoms with Crippen molar-refractivity contribution < 1.29 is 13.2 Å². The number of hydrogen-bond acceptors (Lipinski definition) is 1. The highest BCUT2D eigenvalue weighted by Gasteiger charge is 2.32. The fraction of sp³-hybridized carbons (Fsp3) is 0.250. The molecule has 1 N–H and O–H groups in total. The Balaban J connectivity index is 2.30. The lowest BCUT2D eigenvalue weighted by Gasteiger charge is -2.23. The molecular weight excluding hydrogens is 343 g/mol. The van der Waals surface area contributed by atoms with Gasteiger partial charge in [-0.3, -0.25) is 0 Å². The zero-order valence-corrected chi connectivity index (χ0v) is 13.0. The third-order valence-electron chi connectivity index (χ3n) is 3.17. The second-order valence-electron chi connectivity index (χ2n) is 4.89. The summed E-state index contributed by atoms with van der Waals surface area (Å²) in [5.74, 6) is 0. The molecular formula is C16H15BrF3N. The lowest BCUT2D eigenvalue weighted by Crippen LogP contribution is -2.20. The van der Waals surface area contributed by atoms with Gasteiger partial charge in [-0.2, -0.15) is 13.2 Å². The van der Waals surface area contributed by atoms with Crippen molar-refractivity contribution in [1.29, 1.82) is 0 Å². The molecule has 0 radical (unpaired) electrons. The van der Waals surface area contributed by atoms with E-state index >= 15 is 0 Å². The summed E-state index contributed by atoms with van der Waals surface area (Å²) in [5, 5.41) is 3.01. The SMILES string of the molecule is Cc1ccc(Br)cc1NC(CC(F)(F)F)c1ccccc1. The van der Waals surface area contributed by atoms with Crippen molar-refractivity contribution in [3.8, 4) is 0 Å². The molecule has 5 heteroatoms. The molecule has 0 saturated carbocycles. The minimum absolute atomic E-state index is 0.620. The number of rotatable bonds is 4. The fourth-order valence-electron chi connectivity index (χ4n) is 2.11. The van der Waals surface area contributed by atoms with Gasteiger partial charge in [-0.1, -0.05) is 52.3 Å². The summed E-state index contributed by atoms with van der Waals surface area (Å²) in [6.07, 6.45) is -5.14. The smallest absolute Gasteiger partial charge is 0.378 e. The van der Waals surface area contributed by atoms with Crippen LogP contribution >= 0.6 is 15.9 Å². The number of halogens is 4. The standard InChI is InChI=1S/C16H15BrF3N/c1-11-7-8-13(17)9-14(11)21-15(10-16(18,19)20)12-5-3-2-4-6-12/h2-9,15,21H,10H2,1H3. The Morgan fingerprint density at radius 1 is 1.10 bits per heavy atom. The lowest BCUT2D eigenvalue weighted by atomic mass is 10.0. The summed E-state index contributed by atoms with van der Waals surface area (Å²) < 4.78 is 39.3. The van der Waals surface area contributed by atoms with Gasteiger partial charge in [0.15, 0.2) is 0 Å². The van der Waals surface area contributed by atoms with Crippen LogP contribution in [0.15, 0.2) is 53.0 Å². The van der Waals surface area contributed by atoms with Crippen LogP contribution in [0.3, 0.4) is 0 Å². The minimum atomic E-state index is -4.23. The normalized spacial score (nSPS) is 13.0. The van der Waals surface area contributed by atoms with E-state index in [4.69, 9.17) is 0 Å². The maximum Gasteiger partial charge on any atom is 0.391 e. The molecule has 1 unspecified atom stereocenters. The largest absolute Gasteiger partial charge is 0.391 e. The molecule has 2 aromatic carbocycles. The molecule has 0 fully saturated rings. The molecule has 0 aromatic heterocycles. The number of nitrogens with one attached hydrogen (secondary N) is 1. The Morgan fingerprint density at radius 3 is 2.38 bits per heavy atom. The molecule has 112 valence electrons. The van der Waals surface area contributed by atoms with Crippen molar-refractivity contribution in [2.75, 3.05) is 5.32 Å². The van der Waals surface area contributed by atoms with Gasteiger partial charge in [0.05, 0.1) is 12.5 Å². The average molecular weight is 358 g/mol. The van der Waals surface area contributed by atoms with Crippen LogP contribution in [0, 0.1) is 6.92 Å². The molecule has 0 amide bonds. The molecule has 0 aliphatic rings. The number of alkyl halides is 3. The van der Waals surface area contributed by atoms with Crippen LogP contribution in [0.4, 0.5) is 18.9 Å². The van der Waals surface area contributed by atoms with E-state index in [1.807, 2.05) is 19.1 Å². The highest BCUT2D eigenvalue weighted by molar-refractivity contribution is 9.10. The first-order valence-corrected chi connectivity index (χ1v) is 7.29. The van der Waals surface area contributed by atoms with E-state index in [0.29, 0.717) is 11.3 Å². The maximum absolute atomic E-state index is 12.8. The molecule has 0 aliphatic carbocycles. The maximum atomic E-state index is 12.8. The van der Waals surface area contributed by atoms with E-state index in [9.17, 15) is 13.2 Å². The van der Waals surface area contributed by atoms with Crippen molar-refractivity contribution in [3.63, 3.8) is 0 Å². The highest BCUT2D eigenvalue weighted by atomic mass is 79.9. The number of aryl methyl sites for hydroxylation is 1. The van der Waals surface area contributed by atoms with Gasteiger partial charge in [0.25, 0.3) is 0 Å². The molecule has 0 bridgehead atoms. The minimum Gasteiger partial charge on any atom is -0.378 e. The van der Waals surface area contributed by atoms with Crippen LogP contribution in [-0.4, -0.2) is 6.18 Å². The Labute approximate surface area is 130 Å². The predicted octanol–water partition coefficient (Wildman–Crippen LogP) is 5.86. The molecule has 0 aliphatic heterocycles. The van der Waals surface area contributed by atoms with Gasteiger partial charge in [0, 0.05) is 10.2 Å². The van der Waals surface area contributed by atoms with E-state index in [2.05, 4.69) is 21.2 Å². The molecule has 2 rings (SSSR count). The zero-order chi connectivity index (χ0) is 15.5. The van der Waals surface area contributed by atoms with Gasteiger partial charge in [-0.15, -0.1) is 0 Å². The predicted molar refractivity (Wildman–Crippen MR) is 82.4 cm³/mol. The number of benzene rings is 2. The van der Waals surface area contributed by atoms with Crippen LogP contribution in [0.1, 0.15) is 23.6 Å². The average Bonchev–Trinajstić information content (AvgIpc) is 2.42. The van der Waals surface area contributed by atoms with Gasteiger partial charge in [-0.05, 0) is 30.2 Å². The monoisotopic (exact) mass is 357 g/mol. The van der Waals surface area contributed by atoms with E-state index in [1.54, 1.807) is 36.4 Å². The van der Waals surface area contributed by atoms with E-state index in [1.165, 1.54) is 0 Å². The third kappa shape index (κ3) is 4.77. The summed E-state index contributed by atoms with van der Waals surface area (Å²) in [4.78, 5) is 0. The van der Waals surface area contributed by atoms with Crippen LogP contribution in [0.25, 0.3) is 0 Å². The van der Waals surface area contributed by atoms with Crippen molar-refractivity contribution in [2.45, 2.75) is 25.6 Å². The molecule has 0 spiro atoms. The summed E-state index contributed by atoms with van der Waals surface area (Å²) in [5.41, 5.74) is 2.22. The number of anilines is 1. The summed E-state index contributed by atoms with van der Waals surface area (Å²) in [7, 11) is 0. The summed E-state index contributed by atoms with van der Waals surface area (Å²) >= 11 is 3.34. The molecule has 0 heterocycles. The Kier molecular flexibility index (Phi) is 4.93. The number of hydrogen-bond donors (Lipinski definition) is 1. The molecule has 21 heavy (non-hydrogen) atoms. The second-order valence-corrected chi connectivity index (χ2v) is 5.80. The van der Waals surface area contributed by atoms with Crippen molar-refractivity contribution in [3.05, 3.63) is 64.1 Å². The first-order valence-electron chi connectivity index (χ1n) is 6.49. The Hall–Kier alpha value is -1.49. The van der Waals surface area contributed by atoms with Gasteiger partial charge in [0.2, 0.25) is 0 Å². The summed E-state index contributed by atoms with van der Waals surface area (Å²) in [6, 6.07) is 13.4. The van der Waals surface area contributed by atoms with Gasteiger partial charge >= 0.3 is 6.18 Å². The molecule has 2 aromatic rings. The first-order chi connectivity index (χ1) is 9.85. The molecule has 0 saturated heterocycles. The van der Waals surface area contributed by atoms with Crippen molar-refractivity contribution in [2.24, 2.45) is 0 Å². The first kappa shape index (κ1) is 15.9. The quantitative estimate of drug-likeness (QED) is 0.722. The molecule has 1 atom stereocenters. The van der Waals surface area contributed by atoms with Crippen LogP contribution in [-0.2, 0) is 0 Å². The summed E-state index contributed by atoms with van der Waals surface area (Å²) in [6.45, 7) is 1.87.